The van der Waals surface area contributed by atoms with Crippen LogP contribution in [0.3, 0.4) is 0 Å². The molecule has 3 aromatic rings. The maximum absolute atomic E-state index is 12.1. The highest BCUT2D eigenvalue weighted by molar-refractivity contribution is 5.89. The molecule has 8 nitrogen and oxygen atoms in total. The highest BCUT2D eigenvalue weighted by Crippen LogP contribution is 2.16. The predicted octanol–water partition coefficient (Wildman–Crippen LogP) is 4.08. The molecule has 30 heavy (non-hydrogen) atoms. The Morgan fingerprint density at radius 3 is 2.43 bits per heavy atom. The molecule has 4 N–H and O–H groups in total. The highest BCUT2D eigenvalue weighted by atomic mass is 16.2. The first-order chi connectivity index (χ1) is 14.4. The van der Waals surface area contributed by atoms with Gasteiger partial charge in [0.1, 0.15) is 23.3 Å². The summed E-state index contributed by atoms with van der Waals surface area (Å²) in [4.78, 5) is 25.1. The van der Waals surface area contributed by atoms with Crippen molar-refractivity contribution >= 4 is 29.2 Å². The maximum atomic E-state index is 12.1. The molecule has 8 heteroatoms. The summed E-state index contributed by atoms with van der Waals surface area (Å²) in [5.74, 6) is 2.69. The van der Waals surface area contributed by atoms with E-state index < -0.39 is 0 Å². The van der Waals surface area contributed by atoms with Gasteiger partial charge in [-0.05, 0) is 68.7 Å². The number of anilines is 4. The zero-order valence-corrected chi connectivity index (χ0v) is 17.7. The molecule has 2 heterocycles. The third-order valence-corrected chi connectivity index (χ3v) is 4.49. The Bertz CT molecular complexity index is 1040. The van der Waals surface area contributed by atoms with E-state index in [0.717, 1.165) is 22.6 Å². The summed E-state index contributed by atoms with van der Waals surface area (Å²) in [6.45, 7) is 8.87. The zero-order chi connectivity index (χ0) is 21.5. The van der Waals surface area contributed by atoms with Gasteiger partial charge < -0.3 is 21.3 Å². The van der Waals surface area contributed by atoms with Gasteiger partial charge in [0.2, 0.25) is 0 Å². The monoisotopic (exact) mass is 405 g/mol. The molecule has 0 aliphatic rings. The van der Waals surface area contributed by atoms with E-state index in [9.17, 15) is 4.79 Å². The minimum atomic E-state index is -0.244. The van der Waals surface area contributed by atoms with Crippen molar-refractivity contribution in [2.24, 2.45) is 0 Å². The van der Waals surface area contributed by atoms with Crippen molar-refractivity contribution in [2.75, 3.05) is 29.0 Å². The number of benzene rings is 1. The summed E-state index contributed by atoms with van der Waals surface area (Å²) < 4.78 is 0. The second kappa shape index (κ2) is 9.69. The molecule has 0 aliphatic heterocycles. The van der Waals surface area contributed by atoms with E-state index in [1.54, 1.807) is 6.20 Å². The molecule has 0 saturated heterocycles. The lowest BCUT2D eigenvalue weighted by Crippen LogP contribution is -2.32. The summed E-state index contributed by atoms with van der Waals surface area (Å²) in [5, 5.41) is 12.1. The van der Waals surface area contributed by atoms with Crippen molar-refractivity contribution in [1.29, 1.82) is 0 Å². The van der Waals surface area contributed by atoms with Crippen LogP contribution in [-0.2, 0) is 0 Å². The van der Waals surface area contributed by atoms with Crippen LogP contribution in [0.25, 0.3) is 0 Å². The van der Waals surface area contributed by atoms with Gasteiger partial charge in [0.15, 0.2) is 0 Å². The van der Waals surface area contributed by atoms with Crippen LogP contribution < -0.4 is 21.3 Å². The van der Waals surface area contributed by atoms with Gasteiger partial charge in [-0.15, -0.1) is 0 Å². The number of nitrogens with zero attached hydrogens (tertiary/aromatic N) is 3. The molecular weight excluding hydrogens is 378 g/mol. The Kier molecular flexibility index (Phi) is 6.79. The first-order valence-electron chi connectivity index (χ1n) is 9.80. The van der Waals surface area contributed by atoms with Gasteiger partial charge in [0.05, 0.1) is 0 Å². The summed E-state index contributed by atoms with van der Waals surface area (Å²) in [7, 11) is 0. The van der Waals surface area contributed by atoms with Crippen LogP contribution in [0.2, 0.25) is 0 Å². The van der Waals surface area contributed by atoms with E-state index in [0.29, 0.717) is 30.5 Å². The molecule has 0 bridgehead atoms. The fraction of sp³-hybridized carbons (Fsp3) is 0.273. The Hall–Kier alpha value is -3.68. The van der Waals surface area contributed by atoms with Crippen LogP contribution in [0.1, 0.15) is 22.5 Å². The Morgan fingerprint density at radius 2 is 1.67 bits per heavy atom. The standard InChI is InChI=1S/C22H27N7O/c1-14-7-8-23-19(11-14)29-21-13-20(26-17(4)27-21)24-9-10-25-22(30)28-18-6-5-15(2)16(3)12-18/h5-8,11-13H,9-10H2,1-4H3,(H2,25,28,30)(H2,23,24,26,27,29). The van der Waals surface area contributed by atoms with Gasteiger partial charge in [-0.3, -0.25) is 0 Å². The molecule has 0 unspecified atom stereocenters. The molecule has 2 aromatic heterocycles. The highest BCUT2D eigenvalue weighted by Gasteiger charge is 2.05. The zero-order valence-electron chi connectivity index (χ0n) is 17.7. The number of carbonyl (C=O) groups is 1. The van der Waals surface area contributed by atoms with Crippen LogP contribution in [0.5, 0.6) is 0 Å². The molecule has 0 saturated carbocycles. The molecule has 3 rings (SSSR count). The number of urea groups is 1. The average molecular weight is 406 g/mol. The van der Waals surface area contributed by atoms with Gasteiger partial charge in [-0.1, -0.05) is 6.07 Å². The first kappa shape index (κ1) is 21.0. The topological polar surface area (TPSA) is 104 Å². The molecule has 0 radical (unpaired) electrons. The quantitative estimate of drug-likeness (QED) is 0.442. The molecular formula is C22H27N7O. The lowest BCUT2D eigenvalue weighted by Gasteiger charge is -2.11. The maximum Gasteiger partial charge on any atom is 0.319 e. The van der Waals surface area contributed by atoms with Gasteiger partial charge in [-0.2, -0.15) is 0 Å². The fourth-order valence-electron chi connectivity index (χ4n) is 2.82. The van der Waals surface area contributed by atoms with Crippen molar-refractivity contribution in [3.05, 3.63) is 65.1 Å². The van der Waals surface area contributed by atoms with Crippen LogP contribution in [-0.4, -0.2) is 34.1 Å². The predicted molar refractivity (Wildman–Crippen MR) is 120 cm³/mol. The minimum absolute atomic E-state index is 0.244. The molecule has 0 fully saturated rings. The van der Waals surface area contributed by atoms with Crippen molar-refractivity contribution in [3.63, 3.8) is 0 Å². The van der Waals surface area contributed by atoms with Gasteiger partial charge >= 0.3 is 6.03 Å². The van der Waals surface area contributed by atoms with E-state index in [2.05, 4.69) is 36.2 Å². The molecule has 0 spiro atoms. The van der Waals surface area contributed by atoms with Crippen molar-refractivity contribution in [1.82, 2.24) is 20.3 Å². The third-order valence-electron chi connectivity index (χ3n) is 4.49. The van der Waals surface area contributed by atoms with E-state index >= 15 is 0 Å². The number of nitrogens with one attached hydrogen (secondary N) is 4. The van der Waals surface area contributed by atoms with Crippen LogP contribution in [0.15, 0.2) is 42.6 Å². The lowest BCUT2D eigenvalue weighted by atomic mass is 10.1. The number of pyridine rings is 1. The van der Waals surface area contributed by atoms with Gasteiger partial charge in [0, 0.05) is 31.0 Å². The van der Waals surface area contributed by atoms with Crippen LogP contribution in [0.4, 0.5) is 27.9 Å². The number of rotatable bonds is 7. The summed E-state index contributed by atoms with van der Waals surface area (Å²) >= 11 is 0. The van der Waals surface area contributed by atoms with Crippen molar-refractivity contribution in [2.45, 2.75) is 27.7 Å². The van der Waals surface area contributed by atoms with Crippen molar-refractivity contribution < 1.29 is 4.79 Å². The summed E-state index contributed by atoms with van der Waals surface area (Å²) in [6.07, 6.45) is 1.75. The molecule has 2 amide bonds. The second-order valence-corrected chi connectivity index (χ2v) is 7.14. The van der Waals surface area contributed by atoms with Crippen LogP contribution >= 0.6 is 0 Å². The summed E-state index contributed by atoms with van der Waals surface area (Å²) in [5.41, 5.74) is 4.22. The van der Waals surface area contributed by atoms with Gasteiger partial charge in [0.25, 0.3) is 0 Å². The molecule has 0 atom stereocenters. The largest absolute Gasteiger partial charge is 0.368 e. The summed E-state index contributed by atoms with van der Waals surface area (Å²) in [6, 6.07) is 11.3. The normalized spacial score (nSPS) is 10.4. The number of aryl methyl sites for hydroxylation is 4. The second-order valence-electron chi connectivity index (χ2n) is 7.14. The Balaban J connectivity index is 1.49. The average Bonchev–Trinajstić information content (AvgIpc) is 2.68. The van der Waals surface area contributed by atoms with Crippen LogP contribution in [0, 0.1) is 27.7 Å². The number of hydrogen-bond donors (Lipinski definition) is 4. The molecule has 0 aliphatic carbocycles. The lowest BCUT2D eigenvalue weighted by molar-refractivity contribution is 0.252. The van der Waals surface area contributed by atoms with Gasteiger partial charge in [-0.25, -0.2) is 19.7 Å². The minimum Gasteiger partial charge on any atom is -0.368 e. The Morgan fingerprint density at radius 1 is 0.867 bits per heavy atom. The fourth-order valence-corrected chi connectivity index (χ4v) is 2.82. The van der Waals surface area contributed by atoms with E-state index in [-0.39, 0.29) is 6.03 Å². The molecule has 1 aromatic carbocycles. The Labute approximate surface area is 176 Å². The number of carbonyl (C=O) groups excluding carboxylic acids is 1. The number of amides is 2. The smallest absolute Gasteiger partial charge is 0.319 e. The number of hydrogen-bond acceptors (Lipinski definition) is 6. The molecule has 156 valence electrons. The van der Waals surface area contributed by atoms with Crippen molar-refractivity contribution in [3.8, 4) is 0 Å². The van der Waals surface area contributed by atoms with E-state index in [1.165, 1.54) is 5.56 Å². The number of aromatic nitrogens is 3. The SMILES string of the molecule is Cc1ccnc(Nc2cc(NCCNC(=O)Nc3ccc(C)c(C)c3)nc(C)n2)c1. The van der Waals surface area contributed by atoms with E-state index in [1.807, 2.05) is 64.1 Å². The third kappa shape index (κ3) is 6.16. The first-order valence-corrected chi connectivity index (χ1v) is 9.80. The van der Waals surface area contributed by atoms with E-state index in [4.69, 9.17) is 0 Å².